The fraction of sp³-hybridized carbons (Fsp3) is 0.172. The number of nitro benzene ring substituents is 1. The maximum absolute atomic E-state index is 13.3. The van der Waals surface area contributed by atoms with Crippen LogP contribution in [-0.2, 0) is 14.6 Å². The average Bonchev–Trinajstić information content (AvgIpc) is 2.92. The number of hydrogen-bond donors (Lipinski definition) is 0. The quantitative estimate of drug-likeness (QED) is 0.130. The summed E-state index contributed by atoms with van der Waals surface area (Å²) >= 11 is 1.68. The number of nitro groups is 1. The van der Waals surface area contributed by atoms with Gasteiger partial charge in [-0.25, -0.2) is 8.42 Å². The first-order chi connectivity index (χ1) is 17.4. The normalized spacial score (nSPS) is 12.7. The summed E-state index contributed by atoms with van der Waals surface area (Å²) in [6.07, 6.45) is 0.341. The Labute approximate surface area is 216 Å². The fourth-order valence-corrected chi connectivity index (χ4v) is 7.77. The summed E-state index contributed by atoms with van der Waals surface area (Å²) in [5.74, 6) is 0.527. The summed E-state index contributed by atoms with van der Waals surface area (Å²) in [6, 6.07) is 36.2. The van der Waals surface area contributed by atoms with Crippen molar-refractivity contribution < 1.29 is 13.3 Å². The lowest BCUT2D eigenvalue weighted by atomic mass is 9.84. The third-order valence-corrected chi connectivity index (χ3v) is 10.1. The van der Waals surface area contributed by atoms with Gasteiger partial charge in [-0.3, -0.25) is 10.1 Å². The molecule has 0 fully saturated rings. The van der Waals surface area contributed by atoms with E-state index < -0.39 is 24.8 Å². The Kier molecular flexibility index (Phi) is 7.91. The molecule has 4 aromatic rings. The van der Waals surface area contributed by atoms with Crippen molar-refractivity contribution >= 4 is 27.3 Å². The van der Waals surface area contributed by atoms with E-state index >= 15 is 0 Å². The fourth-order valence-electron chi connectivity index (χ4n) is 4.37. The Hall–Kier alpha value is -3.42. The number of rotatable bonds is 10. The van der Waals surface area contributed by atoms with Crippen LogP contribution in [0.25, 0.3) is 0 Å². The molecule has 0 radical (unpaired) electrons. The largest absolute Gasteiger partial charge is 0.287 e. The Balaban J connectivity index is 1.69. The zero-order valence-corrected chi connectivity index (χ0v) is 21.5. The minimum absolute atomic E-state index is 0.229. The van der Waals surface area contributed by atoms with Crippen LogP contribution in [0.4, 0.5) is 5.69 Å². The first-order valence-corrected chi connectivity index (χ1v) is 14.2. The van der Waals surface area contributed by atoms with Gasteiger partial charge in [0.2, 0.25) is 0 Å². The highest BCUT2D eigenvalue weighted by Gasteiger charge is 2.37. The summed E-state index contributed by atoms with van der Waals surface area (Å²) < 4.78 is 26.1. The van der Waals surface area contributed by atoms with E-state index in [-0.39, 0.29) is 10.6 Å². The van der Waals surface area contributed by atoms with Gasteiger partial charge >= 0.3 is 0 Å². The number of thioether (sulfide) groups is 1. The second-order valence-corrected chi connectivity index (χ2v) is 12.1. The molecule has 36 heavy (non-hydrogen) atoms. The summed E-state index contributed by atoms with van der Waals surface area (Å²) in [5, 5.41) is 10.7. The molecule has 4 rings (SSSR count). The van der Waals surface area contributed by atoms with Gasteiger partial charge in [0, 0.05) is 6.07 Å². The van der Waals surface area contributed by atoms with Crippen molar-refractivity contribution in [3.05, 3.63) is 142 Å². The van der Waals surface area contributed by atoms with E-state index in [1.807, 2.05) is 54.6 Å². The van der Waals surface area contributed by atoms with E-state index in [0.717, 1.165) is 16.7 Å². The molecule has 0 spiro atoms. The number of hydrogen-bond acceptors (Lipinski definition) is 5. The van der Waals surface area contributed by atoms with Crippen molar-refractivity contribution in [1.82, 2.24) is 0 Å². The lowest BCUT2D eigenvalue weighted by Gasteiger charge is -2.35. The Morgan fingerprint density at radius 1 is 0.750 bits per heavy atom. The van der Waals surface area contributed by atoms with Crippen LogP contribution in [0.2, 0.25) is 0 Å². The molecule has 0 saturated heterocycles. The Morgan fingerprint density at radius 2 is 1.17 bits per heavy atom. The van der Waals surface area contributed by atoms with Gasteiger partial charge in [-0.1, -0.05) is 103 Å². The van der Waals surface area contributed by atoms with E-state index in [9.17, 15) is 18.5 Å². The average molecular weight is 518 g/mol. The van der Waals surface area contributed by atoms with Crippen molar-refractivity contribution in [3.8, 4) is 0 Å². The van der Waals surface area contributed by atoms with Gasteiger partial charge in [0.05, 0.1) is 14.9 Å². The van der Waals surface area contributed by atoms with E-state index in [0.29, 0.717) is 12.2 Å². The first-order valence-electron chi connectivity index (χ1n) is 11.6. The molecule has 7 heteroatoms. The first kappa shape index (κ1) is 25.7. The van der Waals surface area contributed by atoms with Gasteiger partial charge in [0.15, 0.2) is 9.84 Å². The van der Waals surface area contributed by atoms with E-state index in [4.69, 9.17) is 0 Å². The minimum atomic E-state index is -3.88. The van der Waals surface area contributed by atoms with Crippen LogP contribution in [0.1, 0.15) is 30.0 Å². The van der Waals surface area contributed by atoms with Gasteiger partial charge in [-0.05, 0) is 41.9 Å². The van der Waals surface area contributed by atoms with Crippen LogP contribution in [0.5, 0.6) is 0 Å². The second-order valence-electron chi connectivity index (χ2n) is 8.50. The molecule has 184 valence electrons. The maximum Gasteiger partial charge on any atom is 0.287 e. The monoisotopic (exact) mass is 517 g/mol. The van der Waals surface area contributed by atoms with Crippen LogP contribution in [0.15, 0.2) is 120 Å². The molecule has 0 N–H and O–H groups in total. The zero-order chi connectivity index (χ0) is 25.6. The number of benzene rings is 4. The van der Waals surface area contributed by atoms with Gasteiger partial charge in [-0.2, -0.15) is 0 Å². The topological polar surface area (TPSA) is 77.3 Å². The molecule has 0 amide bonds. The van der Waals surface area contributed by atoms with Crippen molar-refractivity contribution in [2.75, 3.05) is 5.75 Å². The zero-order valence-electron chi connectivity index (χ0n) is 19.9. The smallest absolute Gasteiger partial charge is 0.258 e. The molecular formula is C29H27NO4S2. The van der Waals surface area contributed by atoms with E-state index in [2.05, 4.69) is 36.4 Å². The van der Waals surface area contributed by atoms with Crippen molar-refractivity contribution in [2.24, 2.45) is 0 Å². The lowest BCUT2D eigenvalue weighted by molar-refractivity contribution is -0.387. The summed E-state index contributed by atoms with van der Waals surface area (Å²) in [6.45, 7) is 1.63. The molecule has 0 aromatic heterocycles. The third kappa shape index (κ3) is 5.08. The molecule has 0 aliphatic carbocycles. The lowest BCUT2D eigenvalue weighted by Crippen LogP contribution is -2.27. The molecule has 1 atom stereocenters. The molecule has 5 nitrogen and oxygen atoms in total. The Morgan fingerprint density at radius 3 is 1.61 bits per heavy atom. The standard InChI is InChI=1S/C29H27NO4S2/c1-23(36(33,34)28-20-12-11-19-27(28)30(31)32)21-22-35-29(24-13-5-2-6-14-24,25-15-7-3-8-16-25)26-17-9-4-10-18-26/h2-20,23H,21-22H2,1H3. The SMILES string of the molecule is CC(CCSC(c1ccccc1)(c1ccccc1)c1ccccc1)S(=O)(=O)c1ccccc1[N+](=O)[O-]. The minimum Gasteiger partial charge on any atom is -0.258 e. The molecule has 0 heterocycles. The predicted molar refractivity (Wildman–Crippen MR) is 146 cm³/mol. The third-order valence-electron chi connectivity index (χ3n) is 6.28. The number of nitrogens with zero attached hydrogens (tertiary/aromatic N) is 1. The van der Waals surface area contributed by atoms with Crippen molar-refractivity contribution in [3.63, 3.8) is 0 Å². The highest BCUT2D eigenvalue weighted by Crippen LogP contribution is 2.48. The molecule has 0 saturated carbocycles. The van der Waals surface area contributed by atoms with E-state index in [1.165, 1.54) is 24.3 Å². The van der Waals surface area contributed by atoms with Crippen molar-refractivity contribution in [2.45, 2.75) is 28.2 Å². The second kappa shape index (κ2) is 11.1. The molecule has 1 unspecified atom stereocenters. The Bertz CT molecular complexity index is 1310. The van der Waals surface area contributed by atoms with Crippen LogP contribution in [-0.4, -0.2) is 24.3 Å². The van der Waals surface area contributed by atoms with E-state index in [1.54, 1.807) is 18.7 Å². The molecule has 0 aliphatic heterocycles. The van der Waals surface area contributed by atoms with Crippen LogP contribution in [0, 0.1) is 10.1 Å². The number of para-hydroxylation sites is 1. The number of sulfone groups is 1. The highest BCUT2D eigenvalue weighted by atomic mass is 32.2. The van der Waals surface area contributed by atoms with Crippen molar-refractivity contribution in [1.29, 1.82) is 0 Å². The molecule has 4 aromatic carbocycles. The molecule has 0 aliphatic rings. The summed E-state index contributed by atoms with van der Waals surface area (Å²) in [7, 11) is -3.88. The van der Waals surface area contributed by atoms with Gasteiger partial charge in [0.1, 0.15) is 4.90 Å². The maximum atomic E-state index is 13.3. The van der Waals surface area contributed by atoms with Crippen LogP contribution < -0.4 is 0 Å². The van der Waals surface area contributed by atoms with Crippen LogP contribution in [0.3, 0.4) is 0 Å². The van der Waals surface area contributed by atoms with Gasteiger partial charge in [0.25, 0.3) is 5.69 Å². The van der Waals surface area contributed by atoms with Gasteiger partial charge < -0.3 is 0 Å². The summed E-state index contributed by atoms with van der Waals surface area (Å²) in [4.78, 5) is 10.6. The predicted octanol–water partition coefficient (Wildman–Crippen LogP) is 6.87. The highest BCUT2D eigenvalue weighted by molar-refractivity contribution is 8.00. The van der Waals surface area contributed by atoms with Gasteiger partial charge in [-0.15, -0.1) is 11.8 Å². The molecular weight excluding hydrogens is 490 g/mol. The summed E-state index contributed by atoms with van der Waals surface area (Å²) in [5.41, 5.74) is 2.91. The molecule has 0 bridgehead atoms. The van der Waals surface area contributed by atoms with Crippen LogP contribution >= 0.6 is 11.8 Å².